The summed E-state index contributed by atoms with van der Waals surface area (Å²) >= 11 is 0. The van der Waals surface area contributed by atoms with E-state index in [1.807, 2.05) is 31.2 Å². The van der Waals surface area contributed by atoms with E-state index in [4.69, 9.17) is 9.47 Å². The van der Waals surface area contributed by atoms with Crippen LogP contribution in [0.2, 0.25) is 0 Å². The van der Waals surface area contributed by atoms with Gasteiger partial charge in [-0.2, -0.15) is 0 Å². The maximum Gasteiger partial charge on any atom is 0.295 e. The maximum atomic E-state index is 13.0. The van der Waals surface area contributed by atoms with E-state index >= 15 is 0 Å². The predicted octanol–water partition coefficient (Wildman–Crippen LogP) is 4.55. The maximum absolute atomic E-state index is 13.0. The molecule has 0 aliphatic carbocycles. The van der Waals surface area contributed by atoms with Crippen LogP contribution in [0.1, 0.15) is 28.3 Å². The van der Waals surface area contributed by atoms with Gasteiger partial charge < -0.3 is 19.5 Å². The fourth-order valence-corrected chi connectivity index (χ4v) is 4.29. The molecular formula is C28H26N2O7. The molecule has 0 radical (unpaired) electrons. The van der Waals surface area contributed by atoms with E-state index in [1.54, 1.807) is 30.3 Å². The molecule has 37 heavy (non-hydrogen) atoms. The number of methoxy groups -OCH3 is 1. The molecule has 1 saturated heterocycles. The van der Waals surface area contributed by atoms with Gasteiger partial charge in [-0.25, -0.2) is 0 Å². The van der Waals surface area contributed by atoms with E-state index in [0.29, 0.717) is 23.5 Å². The van der Waals surface area contributed by atoms with E-state index in [1.165, 1.54) is 30.2 Å². The standard InChI is InChI=1S/C28H26N2O7/c1-18-5-3-6-19(15-18)17-37-23-11-9-20(10-12-23)26(31)24-25(21-7-4-8-22(16-21)30(34)35)29(13-14-36-2)28(33)27(24)32/h3-12,15-16,25,31H,13-14,17H2,1-2H3/t25-/m0/s1. The Morgan fingerprint density at radius 1 is 1.05 bits per heavy atom. The molecule has 9 nitrogen and oxygen atoms in total. The minimum Gasteiger partial charge on any atom is -0.507 e. The molecule has 0 bridgehead atoms. The van der Waals surface area contributed by atoms with Crippen molar-refractivity contribution in [2.45, 2.75) is 19.6 Å². The Morgan fingerprint density at radius 3 is 2.46 bits per heavy atom. The highest BCUT2D eigenvalue weighted by Gasteiger charge is 2.46. The van der Waals surface area contributed by atoms with Crippen LogP contribution >= 0.6 is 0 Å². The second kappa shape index (κ2) is 11.0. The fraction of sp³-hybridized carbons (Fsp3) is 0.214. The Balaban J connectivity index is 1.67. The van der Waals surface area contributed by atoms with Gasteiger partial charge in [-0.15, -0.1) is 0 Å². The average Bonchev–Trinajstić information content (AvgIpc) is 3.15. The van der Waals surface area contributed by atoms with Gasteiger partial charge in [0, 0.05) is 31.4 Å². The molecule has 0 spiro atoms. The molecule has 1 aliphatic rings. The van der Waals surface area contributed by atoms with Gasteiger partial charge in [0.1, 0.15) is 18.1 Å². The van der Waals surface area contributed by atoms with Gasteiger partial charge in [0.25, 0.3) is 17.4 Å². The summed E-state index contributed by atoms with van der Waals surface area (Å²) in [4.78, 5) is 38.0. The monoisotopic (exact) mass is 502 g/mol. The third kappa shape index (κ3) is 5.52. The lowest BCUT2D eigenvalue weighted by atomic mass is 9.95. The Bertz CT molecular complexity index is 1360. The highest BCUT2D eigenvalue weighted by Crippen LogP contribution is 2.40. The first kappa shape index (κ1) is 25.6. The number of hydrogen-bond acceptors (Lipinski definition) is 7. The van der Waals surface area contributed by atoms with Crippen molar-refractivity contribution in [2.24, 2.45) is 0 Å². The number of ketones is 1. The summed E-state index contributed by atoms with van der Waals surface area (Å²) in [6.07, 6.45) is 0. The first-order chi connectivity index (χ1) is 17.8. The molecule has 190 valence electrons. The minimum absolute atomic E-state index is 0.0664. The molecule has 1 heterocycles. The number of hydrogen-bond donors (Lipinski definition) is 1. The average molecular weight is 503 g/mol. The Kier molecular flexibility index (Phi) is 7.64. The summed E-state index contributed by atoms with van der Waals surface area (Å²) in [6.45, 7) is 2.58. The summed E-state index contributed by atoms with van der Waals surface area (Å²) in [7, 11) is 1.46. The number of non-ortho nitro benzene ring substituents is 1. The number of Topliss-reactive ketones (excluding diaryl/α,β-unsaturated/α-hetero) is 1. The lowest BCUT2D eigenvalue weighted by Crippen LogP contribution is -2.32. The number of amides is 1. The topological polar surface area (TPSA) is 119 Å². The van der Waals surface area contributed by atoms with E-state index < -0.39 is 22.7 Å². The van der Waals surface area contributed by atoms with Crippen LogP contribution in [-0.4, -0.2) is 46.9 Å². The van der Waals surface area contributed by atoms with Gasteiger partial charge in [0.05, 0.1) is 23.1 Å². The summed E-state index contributed by atoms with van der Waals surface area (Å²) in [5, 5.41) is 22.5. The first-order valence-electron chi connectivity index (χ1n) is 11.6. The van der Waals surface area contributed by atoms with Gasteiger partial charge in [0.15, 0.2) is 0 Å². The smallest absolute Gasteiger partial charge is 0.295 e. The summed E-state index contributed by atoms with van der Waals surface area (Å²) in [5.41, 5.74) is 2.45. The zero-order valence-corrected chi connectivity index (χ0v) is 20.4. The van der Waals surface area contributed by atoms with Crippen molar-refractivity contribution in [1.82, 2.24) is 4.90 Å². The molecule has 1 N–H and O–H groups in total. The molecule has 0 unspecified atom stereocenters. The summed E-state index contributed by atoms with van der Waals surface area (Å²) in [5.74, 6) is -1.49. The number of carbonyl (C=O) groups excluding carboxylic acids is 2. The number of benzene rings is 3. The van der Waals surface area contributed by atoms with E-state index in [9.17, 15) is 24.8 Å². The van der Waals surface area contributed by atoms with Gasteiger partial charge in [0.2, 0.25) is 0 Å². The van der Waals surface area contributed by atoms with Crippen LogP contribution in [0.25, 0.3) is 5.76 Å². The lowest BCUT2D eigenvalue weighted by molar-refractivity contribution is -0.384. The first-order valence-corrected chi connectivity index (χ1v) is 11.6. The van der Waals surface area contributed by atoms with Crippen LogP contribution in [0, 0.1) is 17.0 Å². The number of ether oxygens (including phenoxy) is 2. The van der Waals surface area contributed by atoms with Crippen LogP contribution in [0.3, 0.4) is 0 Å². The Labute approximate surface area is 213 Å². The molecule has 1 amide bonds. The largest absolute Gasteiger partial charge is 0.507 e. The Hall–Kier alpha value is -4.50. The normalized spacial score (nSPS) is 16.7. The zero-order chi connectivity index (χ0) is 26.5. The van der Waals surface area contributed by atoms with Crippen molar-refractivity contribution >= 4 is 23.1 Å². The number of nitro groups is 1. The van der Waals surface area contributed by atoms with Gasteiger partial charge in [-0.1, -0.05) is 42.0 Å². The van der Waals surface area contributed by atoms with E-state index in [-0.39, 0.29) is 30.2 Å². The highest BCUT2D eigenvalue weighted by molar-refractivity contribution is 6.46. The van der Waals surface area contributed by atoms with Crippen molar-refractivity contribution < 1.29 is 29.1 Å². The van der Waals surface area contributed by atoms with Crippen molar-refractivity contribution in [2.75, 3.05) is 20.3 Å². The van der Waals surface area contributed by atoms with E-state index in [0.717, 1.165) is 11.1 Å². The van der Waals surface area contributed by atoms with Crippen molar-refractivity contribution in [3.63, 3.8) is 0 Å². The zero-order valence-electron chi connectivity index (χ0n) is 20.4. The third-order valence-corrected chi connectivity index (χ3v) is 6.09. The quantitative estimate of drug-likeness (QED) is 0.150. The predicted molar refractivity (Wildman–Crippen MR) is 136 cm³/mol. The molecule has 1 aliphatic heterocycles. The third-order valence-electron chi connectivity index (χ3n) is 6.09. The molecule has 3 aromatic carbocycles. The number of aliphatic hydroxyl groups excluding tert-OH is 1. The molecule has 1 fully saturated rings. The lowest BCUT2D eigenvalue weighted by Gasteiger charge is -2.25. The van der Waals surface area contributed by atoms with Crippen LogP contribution in [-0.2, 0) is 20.9 Å². The second-order valence-corrected chi connectivity index (χ2v) is 8.64. The van der Waals surface area contributed by atoms with Crippen LogP contribution in [0.4, 0.5) is 5.69 Å². The number of likely N-dealkylation sites (tertiary alicyclic amines) is 1. The van der Waals surface area contributed by atoms with Gasteiger partial charge in [-0.05, 0) is 42.3 Å². The molecule has 4 rings (SSSR count). The van der Waals surface area contributed by atoms with E-state index in [2.05, 4.69) is 0 Å². The summed E-state index contributed by atoms with van der Waals surface area (Å²) < 4.78 is 10.9. The fourth-order valence-electron chi connectivity index (χ4n) is 4.29. The van der Waals surface area contributed by atoms with Crippen LogP contribution < -0.4 is 4.74 Å². The molecule has 0 saturated carbocycles. The van der Waals surface area contributed by atoms with Crippen molar-refractivity contribution in [3.8, 4) is 5.75 Å². The molecule has 1 atom stereocenters. The second-order valence-electron chi connectivity index (χ2n) is 8.64. The van der Waals surface area contributed by atoms with Gasteiger partial charge >= 0.3 is 0 Å². The molecule has 0 aromatic heterocycles. The highest BCUT2D eigenvalue weighted by atomic mass is 16.6. The molecular weight excluding hydrogens is 476 g/mol. The minimum atomic E-state index is -1.01. The van der Waals surface area contributed by atoms with Crippen LogP contribution in [0.5, 0.6) is 5.75 Å². The SMILES string of the molecule is COCCN1C(=O)C(=O)C(=C(O)c2ccc(OCc3cccc(C)c3)cc2)[C@@H]1c1cccc([N+](=O)[O-])c1. The van der Waals surface area contributed by atoms with Gasteiger partial charge in [-0.3, -0.25) is 19.7 Å². The molecule has 3 aromatic rings. The number of nitrogens with zero attached hydrogens (tertiary/aromatic N) is 2. The Morgan fingerprint density at radius 2 is 1.78 bits per heavy atom. The number of nitro benzene ring substituents is 1. The number of aliphatic hydroxyl groups is 1. The van der Waals surface area contributed by atoms with Crippen molar-refractivity contribution in [1.29, 1.82) is 0 Å². The molecule has 9 heteroatoms. The number of rotatable bonds is 9. The van der Waals surface area contributed by atoms with Crippen LogP contribution in [0.15, 0.2) is 78.4 Å². The van der Waals surface area contributed by atoms with Crippen molar-refractivity contribution in [3.05, 3.63) is 111 Å². The summed E-state index contributed by atoms with van der Waals surface area (Å²) in [6, 6.07) is 19.1. The number of aryl methyl sites for hydroxylation is 1. The number of carbonyl (C=O) groups is 2.